The number of carbonyl (C=O) groups excluding carboxylic acids is 2. The summed E-state index contributed by atoms with van der Waals surface area (Å²) in [6.45, 7) is 2.48. The van der Waals surface area contributed by atoms with Gasteiger partial charge in [0.2, 0.25) is 5.91 Å². The number of benzene rings is 2. The minimum Gasteiger partial charge on any atom is -0.480 e. The van der Waals surface area contributed by atoms with E-state index in [9.17, 15) is 19.5 Å². The second-order valence-electron chi connectivity index (χ2n) is 9.13. The van der Waals surface area contributed by atoms with Crippen molar-refractivity contribution in [1.29, 1.82) is 0 Å². The molecule has 2 aromatic carbocycles. The minimum atomic E-state index is -1.04. The second-order valence-corrected chi connectivity index (χ2v) is 9.13. The summed E-state index contributed by atoms with van der Waals surface area (Å²) in [5.74, 6) is 4.00. The van der Waals surface area contributed by atoms with E-state index in [1.54, 1.807) is 0 Å². The van der Waals surface area contributed by atoms with Crippen molar-refractivity contribution >= 4 is 28.7 Å². The number of nitrogens with one attached hydrogen (secondary N) is 2. The smallest absolute Gasteiger partial charge is 0.340 e. The predicted molar refractivity (Wildman–Crippen MR) is 137 cm³/mol. The first kappa shape index (κ1) is 26.3. The van der Waals surface area contributed by atoms with Crippen LogP contribution in [0.3, 0.4) is 0 Å². The van der Waals surface area contributed by atoms with Crippen molar-refractivity contribution in [2.24, 2.45) is 11.8 Å². The highest BCUT2D eigenvalue weighted by atomic mass is 16.5. The van der Waals surface area contributed by atoms with Gasteiger partial charge in [0.25, 0.3) is 0 Å². The molecule has 1 aliphatic rings. The molecule has 1 unspecified atom stereocenters. The number of ether oxygens (including phenoxy) is 1. The van der Waals surface area contributed by atoms with Crippen LogP contribution in [0, 0.1) is 5.92 Å². The van der Waals surface area contributed by atoms with Gasteiger partial charge in [0.15, 0.2) is 0 Å². The number of nitrogen functional groups attached to an aromatic ring is 1. The van der Waals surface area contributed by atoms with E-state index in [2.05, 4.69) is 34.6 Å². The zero-order chi connectivity index (χ0) is 26.2. The average molecular weight is 509 g/mol. The Hall–Kier alpha value is -3.80. The molecule has 2 atom stereocenters. The first-order valence-corrected chi connectivity index (χ1v) is 12.3. The Balaban J connectivity index is 1.49. The molecule has 1 saturated heterocycles. The lowest BCUT2D eigenvalue weighted by atomic mass is 9.91. The average Bonchev–Trinajstić information content (AvgIpc) is 3.39. The van der Waals surface area contributed by atoms with Gasteiger partial charge in [0.1, 0.15) is 12.4 Å². The number of amides is 2. The SMILES string of the molecule is NNC(=O)n1cnc(C[C@H](NCC(CC(=O)N2CCOCC2)Cc2cccc3ccccc23)C(=O)O)c1. The zero-order valence-corrected chi connectivity index (χ0v) is 20.5. The molecule has 0 radical (unpaired) electrons. The lowest BCUT2D eigenvalue weighted by Gasteiger charge is -2.29. The molecule has 0 spiro atoms. The molecule has 4 rings (SSSR count). The molecule has 11 heteroatoms. The topological polar surface area (TPSA) is 152 Å². The molecule has 0 bridgehead atoms. The summed E-state index contributed by atoms with van der Waals surface area (Å²) in [4.78, 5) is 42.7. The molecule has 11 nitrogen and oxygen atoms in total. The first-order valence-electron chi connectivity index (χ1n) is 12.3. The number of morpholine rings is 1. The van der Waals surface area contributed by atoms with E-state index < -0.39 is 18.0 Å². The third-order valence-electron chi connectivity index (χ3n) is 6.57. The van der Waals surface area contributed by atoms with Gasteiger partial charge in [-0.1, -0.05) is 42.5 Å². The van der Waals surface area contributed by atoms with Gasteiger partial charge in [0, 0.05) is 32.1 Å². The van der Waals surface area contributed by atoms with E-state index in [4.69, 9.17) is 10.6 Å². The number of carboxylic acids is 1. The number of nitrogens with zero attached hydrogens (tertiary/aromatic N) is 3. The van der Waals surface area contributed by atoms with Crippen LogP contribution in [0.15, 0.2) is 55.0 Å². The van der Waals surface area contributed by atoms with Crippen LogP contribution in [0.25, 0.3) is 10.8 Å². The number of carbonyl (C=O) groups is 3. The zero-order valence-electron chi connectivity index (χ0n) is 20.5. The van der Waals surface area contributed by atoms with E-state index in [0.717, 1.165) is 20.9 Å². The third kappa shape index (κ3) is 6.91. The third-order valence-corrected chi connectivity index (χ3v) is 6.57. The summed E-state index contributed by atoms with van der Waals surface area (Å²) in [6, 6.07) is 12.7. The molecule has 2 amide bonds. The number of hydrogen-bond donors (Lipinski definition) is 4. The van der Waals surface area contributed by atoms with Gasteiger partial charge >= 0.3 is 12.0 Å². The Labute approximate surface area is 214 Å². The van der Waals surface area contributed by atoms with E-state index >= 15 is 0 Å². The number of rotatable bonds is 10. The Morgan fingerprint density at radius 1 is 1.08 bits per heavy atom. The quantitative estimate of drug-likeness (QED) is 0.181. The van der Waals surface area contributed by atoms with Gasteiger partial charge in [-0.25, -0.2) is 15.6 Å². The maximum absolute atomic E-state index is 13.1. The summed E-state index contributed by atoms with van der Waals surface area (Å²) >= 11 is 0. The van der Waals surface area contributed by atoms with Crippen molar-refractivity contribution in [1.82, 2.24) is 25.2 Å². The molecule has 1 aliphatic heterocycles. The lowest BCUT2D eigenvalue weighted by molar-refractivity contribution is -0.139. The first-order chi connectivity index (χ1) is 17.9. The van der Waals surface area contributed by atoms with E-state index in [0.29, 0.717) is 45.0 Å². The van der Waals surface area contributed by atoms with Crippen molar-refractivity contribution in [3.8, 4) is 0 Å². The highest BCUT2D eigenvalue weighted by molar-refractivity contribution is 5.85. The number of nitrogens with two attached hydrogens (primary N) is 1. The highest BCUT2D eigenvalue weighted by Gasteiger charge is 2.25. The van der Waals surface area contributed by atoms with Crippen LogP contribution >= 0.6 is 0 Å². The summed E-state index contributed by atoms with van der Waals surface area (Å²) in [7, 11) is 0. The van der Waals surface area contributed by atoms with Crippen LogP contribution in [0.5, 0.6) is 0 Å². The Kier molecular flexibility index (Phi) is 8.83. The minimum absolute atomic E-state index is 0.0359. The van der Waals surface area contributed by atoms with E-state index in [1.165, 1.54) is 12.5 Å². The standard InChI is InChI=1S/C26H32N6O5/c27-30-26(36)32-16-21(29-17-32)14-23(25(34)35)28-15-18(13-24(33)31-8-10-37-11-9-31)12-20-6-3-5-19-4-1-2-7-22(19)20/h1-7,16-18,23,28H,8-15,27H2,(H,30,36)(H,34,35)/t18?,23-/m0/s1. The summed E-state index contributed by atoms with van der Waals surface area (Å²) in [6.07, 6.45) is 3.69. The van der Waals surface area contributed by atoms with Crippen LogP contribution < -0.4 is 16.6 Å². The summed E-state index contributed by atoms with van der Waals surface area (Å²) in [5, 5.41) is 15.2. The molecule has 5 N–H and O–H groups in total. The van der Waals surface area contributed by atoms with Crippen molar-refractivity contribution < 1.29 is 24.2 Å². The van der Waals surface area contributed by atoms with Gasteiger partial charge < -0.3 is 20.1 Å². The van der Waals surface area contributed by atoms with Crippen LogP contribution in [-0.2, 0) is 27.2 Å². The van der Waals surface area contributed by atoms with Crippen molar-refractivity contribution in [2.75, 3.05) is 32.8 Å². The number of aromatic nitrogens is 2. The van der Waals surface area contributed by atoms with E-state index in [-0.39, 0.29) is 24.7 Å². The van der Waals surface area contributed by atoms with Gasteiger partial charge in [-0.15, -0.1) is 0 Å². The summed E-state index contributed by atoms with van der Waals surface area (Å²) < 4.78 is 6.52. The van der Waals surface area contributed by atoms with Gasteiger partial charge in [-0.2, -0.15) is 0 Å². The fourth-order valence-electron chi connectivity index (χ4n) is 4.61. The van der Waals surface area contributed by atoms with Crippen LogP contribution in [-0.4, -0.2) is 76.4 Å². The van der Waals surface area contributed by atoms with Gasteiger partial charge in [-0.05, 0) is 35.2 Å². The molecule has 2 heterocycles. The maximum atomic E-state index is 13.1. The molecule has 196 valence electrons. The molecule has 0 aliphatic carbocycles. The maximum Gasteiger partial charge on any atom is 0.340 e. The number of imidazole rings is 1. The predicted octanol–water partition coefficient (Wildman–Crippen LogP) is 1.16. The number of hydrazine groups is 1. The monoisotopic (exact) mass is 508 g/mol. The van der Waals surface area contributed by atoms with Crippen molar-refractivity contribution in [3.63, 3.8) is 0 Å². The fraction of sp³-hybridized carbons (Fsp3) is 0.385. The van der Waals surface area contributed by atoms with Gasteiger partial charge in [0.05, 0.1) is 18.9 Å². The second kappa shape index (κ2) is 12.4. The van der Waals surface area contributed by atoms with E-state index in [1.807, 2.05) is 28.5 Å². The van der Waals surface area contributed by atoms with Gasteiger partial charge in [-0.3, -0.25) is 19.6 Å². The Morgan fingerprint density at radius 2 is 1.84 bits per heavy atom. The Bertz CT molecular complexity index is 1230. The molecule has 3 aromatic rings. The Morgan fingerprint density at radius 3 is 2.59 bits per heavy atom. The van der Waals surface area contributed by atoms with Crippen LogP contribution in [0.2, 0.25) is 0 Å². The molecule has 0 saturated carbocycles. The normalized spacial score (nSPS) is 15.3. The number of carboxylic acid groups (broad SMARTS) is 1. The molecular weight excluding hydrogens is 476 g/mol. The molecular formula is C26H32N6O5. The highest BCUT2D eigenvalue weighted by Crippen LogP contribution is 2.23. The van der Waals surface area contributed by atoms with Crippen molar-refractivity contribution in [2.45, 2.75) is 25.3 Å². The number of fused-ring (bicyclic) bond motifs is 1. The van der Waals surface area contributed by atoms with Crippen LogP contribution in [0.1, 0.15) is 17.7 Å². The molecule has 1 fully saturated rings. The lowest BCUT2D eigenvalue weighted by Crippen LogP contribution is -2.44. The number of hydrogen-bond acceptors (Lipinski definition) is 7. The largest absolute Gasteiger partial charge is 0.480 e. The van der Waals surface area contributed by atoms with Crippen LogP contribution in [0.4, 0.5) is 4.79 Å². The number of aliphatic carboxylic acids is 1. The van der Waals surface area contributed by atoms with Crippen molar-refractivity contribution in [3.05, 3.63) is 66.2 Å². The molecule has 1 aromatic heterocycles. The summed E-state index contributed by atoms with van der Waals surface area (Å²) in [5.41, 5.74) is 3.54. The fourth-order valence-corrected chi connectivity index (χ4v) is 4.61. The molecule has 37 heavy (non-hydrogen) atoms.